The van der Waals surface area contributed by atoms with Crippen molar-refractivity contribution in [3.05, 3.63) is 69.2 Å². The third kappa shape index (κ3) is 4.78. The molecule has 0 spiro atoms. The third-order valence-corrected chi connectivity index (χ3v) is 5.83. The van der Waals surface area contributed by atoms with Crippen molar-refractivity contribution in [3.8, 4) is 0 Å². The molecule has 0 aliphatic rings. The fourth-order valence-corrected chi connectivity index (χ4v) is 4.06. The number of aryl methyl sites for hydroxylation is 1. The predicted octanol–water partition coefficient (Wildman–Crippen LogP) is 4.59. The molecule has 0 saturated carbocycles. The lowest BCUT2D eigenvalue weighted by Gasteiger charge is -2.11. The molecular weight excluding hydrogens is 397 g/mol. The quantitative estimate of drug-likeness (QED) is 0.553. The molecule has 2 aromatic carbocycles. The van der Waals surface area contributed by atoms with Crippen LogP contribution in [0.15, 0.2) is 58.5 Å². The number of halogens is 2. The second kappa shape index (κ2) is 8.58. The maximum Gasteiger partial charge on any atom is 0.351 e. The number of carbonyl (C=O) groups excluding carboxylic acids is 1. The van der Waals surface area contributed by atoms with Gasteiger partial charge in [-0.15, -0.1) is 0 Å². The summed E-state index contributed by atoms with van der Waals surface area (Å²) in [6, 6.07) is 11.2. The Bertz CT molecular complexity index is 938. The molecule has 138 valence electrons. The van der Waals surface area contributed by atoms with Gasteiger partial charge < -0.3 is 10.1 Å². The first-order valence-corrected chi connectivity index (χ1v) is 9.90. The first-order chi connectivity index (χ1) is 12.3. The van der Waals surface area contributed by atoms with E-state index >= 15 is 0 Å². The van der Waals surface area contributed by atoms with Gasteiger partial charge in [0.2, 0.25) is 9.84 Å². The van der Waals surface area contributed by atoms with Gasteiger partial charge in [-0.05, 0) is 44.2 Å². The van der Waals surface area contributed by atoms with Crippen LogP contribution in [-0.2, 0) is 19.4 Å². The topological polar surface area (TPSA) is 72.5 Å². The van der Waals surface area contributed by atoms with Crippen molar-refractivity contribution in [2.24, 2.45) is 0 Å². The van der Waals surface area contributed by atoms with Crippen molar-refractivity contribution in [3.63, 3.8) is 0 Å². The largest absolute Gasteiger partial charge is 0.462 e. The highest BCUT2D eigenvalue weighted by atomic mass is 35.5. The predicted molar refractivity (Wildman–Crippen MR) is 103 cm³/mol. The van der Waals surface area contributed by atoms with E-state index in [0.29, 0.717) is 5.69 Å². The van der Waals surface area contributed by atoms with Crippen LogP contribution in [0.1, 0.15) is 12.5 Å². The molecule has 5 nitrogen and oxygen atoms in total. The van der Waals surface area contributed by atoms with Gasteiger partial charge in [0.05, 0.1) is 16.5 Å². The summed E-state index contributed by atoms with van der Waals surface area (Å²) in [6.07, 6.45) is 1.10. The molecule has 0 fully saturated rings. The zero-order chi connectivity index (χ0) is 19.3. The average Bonchev–Trinajstić information content (AvgIpc) is 2.56. The Morgan fingerprint density at radius 3 is 2.38 bits per heavy atom. The normalized spacial score (nSPS) is 11.9. The van der Waals surface area contributed by atoms with Crippen LogP contribution in [0.2, 0.25) is 10.0 Å². The van der Waals surface area contributed by atoms with Gasteiger partial charge in [-0.3, -0.25) is 0 Å². The van der Waals surface area contributed by atoms with Crippen LogP contribution in [0.25, 0.3) is 0 Å². The molecule has 0 atom stereocenters. The minimum atomic E-state index is -4.21. The smallest absolute Gasteiger partial charge is 0.351 e. The maximum atomic E-state index is 12.9. The molecule has 0 saturated heterocycles. The molecule has 0 unspecified atom stereocenters. The Hall–Kier alpha value is -2.02. The van der Waals surface area contributed by atoms with Crippen molar-refractivity contribution >= 4 is 44.7 Å². The number of rotatable bonds is 6. The van der Waals surface area contributed by atoms with Crippen LogP contribution in [0, 0.1) is 6.92 Å². The monoisotopic (exact) mass is 413 g/mol. The summed E-state index contributed by atoms with van der Waals surface area (Å²) < 4.78 is 30.7. The number of ether oxygens (including phenoxy) is 1. The molecule has 2 rings (SSSR count). The number of esters is 1. The summed E-state index contributed by atoms with van der Waals surface area (Å²) >= 11 is 11.8. The minimum absolute atomic E-state index is 0.0323. The highest BCUT2D eigenvalue weighted by Gasteiger charge is 2.30. The van der Waals surface area contributed by atoms with Gasteiger partial charge in [0.1, 0.15) is 0 Å². The van der Waals surface area contributed by atoms with Gasteiger partial charge in [-0.2, -0.15) is 0 Å². The van der Waals surface area contributed by atoms with Crippen molar-refractivity contribution in [2.75, 3.05) is 11.9 Å². The Balaban J connectivity index is 2.47. The first kappa shape index (κ1) is 20.3. The average molecular weight is 414 g/mol. The SMILES string of the molecule is CCOC(=O)/C(=C/Nc1ccc(C)cc1)S(=O)(=O)c1ccc(Cl)cc1Cl. The van der Waals surface area contributed by atoms with Crippen LogP contribution in [0.5, 0.6) is 0 Å². The molecule has 0 amide bonds. The van der Waals surface area contributed by atoms with E-state index < -0.39 is 20.7 Å². The van der Waals surface area contributed by atoms with Crippen LogP contribution < -0.4 is 5.32 Å². The van der Waals surface area contributed by atoms with Gasteiger partial charge in [0, 0.05) is 16.9 Å². The summed E-state index contributed by atoms with van der Waals surface area (Å²) in [4.78, 5) is 11.5. The number of hydrogen-bond donors (Lipinski definition) is 1. The summed E-state index contributed by atoms with van der Waals surface area (Å²) in [7, 11) is -4.21. The lowest BCUT2D eigenvalue weighted by molar-refractivity contribution is -0.137. The molecule has 0 aliphatic heterocycles. The zero-order valence-corrected chi connectivity index (χ0v) is 16.5. The number of sulfone groups is 1. The Labute approximate surface area is 162 Å². The van der Waals surface area contributed by atoms with Crippen LogP contribution in [0.3, 0.4) is 0 Å². The van der Waals surface area contributed by atoms with Crippen molar-refractivity contribution < 1.29 is 17.9 Å². The van der Waals surface area contributed by atoms with Crippen molar-refractivity contribution in [2.45, 2.75) is 18.7 Å². The highest BCUT2D eigenvalue weighted by molar-refractivity contribution is 7.96. The Morgan fingerprint density at radius 2 is 1.81 bits per heavy atom. The maximum absolute atomic E-state index is 12.9. The van der Waals surface area contributed by atoms with Gasteiger partial charge in [0.25, 0.3) is 0 Å². The number of nitrogens with one attached hydrogen (secondary N) is 1. The number of carbonyl (C=O) groups is 1. The lowest BCUT2D eigenvalue weighted by Crippen LogP contribution is -2.18. The lowest BCUT2D eigenvalue weighted by atomic mass is 10.2. The van der Waals surface area contributed by atoms with Gasteiger partial charge >= 0.3 is 5.97 Å². The summed E-state index contributed by atoms with van der Waals surface area (Å²) in [5.41, 5.74) is 1.67. The number of anilines is 1. The summed E-state index contributed by atoms with van der Waals surface area (Å²) in [6.45, 7) is 3.55. The zero-order valence-electron chi connectivity index (χ0n) is 14.1. The van der Waals surface area contributed by atoms with E-state index in [-0.39, 0.29) is 21.5 Å². The Morgan fingerprint density at radius 1 is 1.15 bits per heavy atom. The van der Waals surface area contributed by atoms with Gasteiger partial charge in [0.15, 0.2) is 4.91 Å². The van der Waals surface area contributed by atoms with E-state index in [0.717, 1.165) is 11.8 Å². The molecule has 2 aromatic rings. The van der Waals surface area contributed by atoms with E-state index in [1.54, 1.807) is 19.1 Å². The van der Waals surface area contributed by atoms with Crippen LogP contribution >= 0.6 is 23.2 Å². The number of hydrogen-bond acceptors (Lipinski definition) is 5. The minimum Gasteiger partial charge on any atom is -0.462 e. The summed E-state index contributed by atoms with van der Waals surface area (Å²) in [5, 5.41) is 3.01. The van der Waals surface area contributed by atoms with Crippen LogP contribution in [0.4, 0.5) is 5.69 Å². The van der Waals surface area contributed by atoms with Crippen molar-refractivity contribution in [1.29, 1.82) is 0 Å². The Kier molecular flexibility index (Phi) is 6.69. The molecular formula is C18H17Cl2NO4S. The fourth-order valence-electron chi connectivity index (χ4n) is 2.06. The standard InChI is InChI=1S/C18H17Cl2NO4S/c1-3-25-18(22)17(11-21-14-7-4-12(2)5-8-14)26(23,24)16-9-6-13(19)10-15(16)20/h4-11,21H,3H2,1-2H3/b17-11-. The van der Waals surface area contributed by atoms with Crippen LogP contribution in [-0.4, -0.2) is 21.0 Å². The third-order valence-electron chi connectivity index (χ3n) is 3.37. The molecule has 8 heteroatoms. The van der Waals surface area contributed by atoms with E-state index in [1.165, 1.54) is 18.2 Å². The molecule has 0 bridgehead atoms. The molecule has 0 aliphatic carbocycles. The first-order valence-electron chi connectivity index (χ1n) is 7.66. The van der Waals surface area contributed by atoms with Gasteiger partial charge in [-0.1, -0.05) is 40.9 Å². The highest BCUT2D eigenvalue weighted by Crippen LogP contribution is 2.30. The second-order valence-corrected chi connectivity index (χ2v) is 8.05. The van der Waals surface area contributed by atoms with Crippen molar-refractivity contribution in [1.82, 2.24) is 0 Å². The molecule has 1 N–H and O–H groups in total. The number of benzene rings is 2. The molecule has 26 heavy (non-hydrogen) atoms. The van der Waals surface area contributed by atoms with E-state index in [4.69, 9.17) is 27.9 Å². The summed E-state index contributed by atoms with van der Waals surface area (Å²) in [5.74, 6) is -0.974. The van der Waals surface area contributed by atoms with E-state index in [9.17, 15) is 13.2 Å². The molecule has 0 radical (unpaired) electrons. The molecule has 0 aromatic heterocycles. The molecule has 0 heterocycles. The second-order valence-electron chi connectivity index (χ2n) is 5.32. The van der Waals surface area contributed by atoms with Gasteiger partial charge in [-0.25, -0.2) is 13.2 Å². The van der Waals surface area contributed by atoms with E-state index in [2.05, 4.69) is 5.32 Å². The van der Waals surface area contributed by atoms with E-state index in [1.807, 2.05) is 19.1 Å². The fraction of sp³-hybridized carbons (Fsp3) is 0.167.